The molecular weight excluding hydrogens is 188 g/mol. The summed E-state index contributed by atoms with van der Waals surface area (Å²) in [6, 6.07) is 0.158. The van der Waals surface area contributed by atoms with Crippen molar-refractivity contribution in [3.63, 3.8) is 0 Å². The molecule has 0 bridgehead atoms. The van der Waals surface area contributed by atoms with Gasteiger partial charge in [-0.2, -0.15) is 0 Å². The van der Waals surface area contributed by atoms with Gasteiger partial charge in [-0.05, 0) is 6.92 Å². The zero-order chi connectivity index (χ0) is 11.0. The van der Waals surface area contributed by atoms with E-state index >= 15 is 0 Å². The molecule has 15 heavy (non-hydrogen) atoms. The number of fused-ring (bicyclic) bond motifs is 1. The van der Waals surface area contributed by atoms with Crippen LogP contribution in [0.4, 0.5) is 0 Å². The van der Waals surface area contributed by atoms with Crippen molar-refractivity contribution in [3.8, 4) is 0 Å². The molecule has 0 saturated carbocycles. The molecule has 0 aromatic rings. The van der Waals surface area contributed by atoms with E-state index in [2.05, 4.69) is 24.0 Å². The summed E-state index contributed by atoms with van der Waals surface area (Å²) in [7, 11) is 2.02. The smallest absolute Gasteiger partial charge is 0.174 e. The fourth-order valence-electron chi connectivity index (χ4n) is 2.30. The standard InChI is InChI=1S/C12H16N2O/c1-8-6-9-4-3-5-10(11(15)7-13)12(9)14(8)2/h3-6,9,12H,7,13H2,1-2H3. The molecule has 0 aromatic heterocycles. The first-order valence-electron chi connectivity index (χ1n) is 5.18. The van der Waals surface area contributed by atoms with Gasteiger partial charge in [0.2, 0.25) is 0 Å². The topological polar surface area (TPSA) is 46.3 Å². The van der Waals surface area contributed by atoms with E-state index in [0.717, 1.165) is 5.57 Å². The van der Waals surface area contributed by atoms with Crippen LogP contribution in [0.15, 0.2) is 35.6 Å². The molecule has 0 aromatic carbocycles. The summed E-state index contributed by atoms with van der Waals surface area (Å²) in [4.78, 5) is 13.8. The number of carbonyl (C=O) groups is 1. The Balaban J connectivity index is 2.32. The highest BCUT2D eigenvalue weighted by atomic mass is 16.1. The number of nitrogens with zero attached hydrogens (tertiary/aromatic N) is 1. The maximum absolute atomic E-state index is 11.7. The fourth-order valence-corrected chi connectivity index (χ4v) is 2.30. The summed E-state index contributed by atoms with van der Waals surface area (Å²) in [5.41, 5.74) is 7.46. The van der Waals surface area contributed by atoms with Crippen LogP contribution < -0.4 is 5.73 Å². The predicted octanol–water partition coefficient (Wildman–Crippen LogP) is 0.844. The Bertz CT molecular complexity index is 379. The second-order valence-electron chi connectivity index (χ2n) is 4.08. The first kappa shape index (κ1) is 10.2. The molecule has 0 amide bonds. The van der Waals surface area contributed by atoms with Crippen LogP contribution in [-0.4, -0.2) is 30.3 Å². The normalized spacial score (nSPS) is 28.6. The van der Waals surface area contributed by atoms with E-state index in [9.17, 15) is 4.79 Å². The fraction of sp³-hybridized carbons (Fsp3) is 0.417. The molecule has 3 heteroatoms. The Hall–Kier alpha value is -1.35. The van der Waals surface area contributed by atoms with Crippen molar-refractivity contribution >= 4 is 5.78 Å². The number of likely N-dealkylation sites (N-methyl/N-ethyl adjacent to an activating group) is 1. The van der Waals surface area contributed by atoms with Crippen molar-refractivity contribution < 1.29 is 4.79 Å². The minimum Gasteiger partial charge on any atom is -0.370 e. The molecule has 2 rings (SSSR count). The molecule has 2 aliphatic rings. The third-order valence-corrected chi connectivity index (χ3v) is 3.21. The van der Waals surface area contributed by atoms with Gasteiger partial charge in [0, 0.05) is 24.2 Å². The number of carbonyl (C=O) groups excluding carboxylic acids is 1. The van der Waals surface area contributed by atoms with Crippen LogP contribution in [0, 0.1) is 5.92 Å². The molecule has 1 aliphatic heterocycles. The Kier molecular flexibility index (Phi) is 2.49. The van der Waals surface area contributed by atoms with Crippen molar-refractivity contribution in [1.29, 1.82) is 0 Å². The van der Waals surface area contributed by atoms with Crippen LogP contribution >= 0.6 is 0 Å². The SMILES string of the molecule is CC1=CC2C=CC=C(C(=O)CN)C2N1C. The van der Waals surface area contributed by atoms with Gasteiger partial charge in [-0.25, -0.2) is 0 Å². The highest BCUT2D eigenvalue weighted by Gasteiger charge is 2.35. The summed E-state index contributed by atoms with van der Waals surface area (Å²) >= 11 is 0. The maximum atomic E-state index is 11.7. The molecule has 2 atom stereocenters. The molecular formula is C12H16N2O. The van der Waals surface area contributed by atoms with E-state index in [-0.39, 0.29) is 18.4 Å². The summed E-state index contributed by atoms with van der Waals surface area (Å²) in [5, 5.41) is 0. The lowest BCUT2D eigenvalue weighted by Crippen LogP contribution is -2.37. The van der Waals surface area contributed by atoms with E-state index < -0.39 is 0 Å². The van der Waals surface area contributed by atoms with E-state index in [0.29, 0.717) is 5.92 Å². The van der Waals surface area contributed by atoms with Crippen molar-refractivity contribution in [1.82, 2.24) is 4.90 Å². The number of nitrogens with two attached hydrogens (primary N) is 1. The van der Waals surface area contributed by atoms with Gasteiger partial charge in [-0.15, -0.1) is 0 Å². The summed E-state index contributed by atoms with van der Waals surface area (Å²) in [6.45, 7) is 2.16. The number of Topliss-reactive ketones (excluding diaryl/α,β-unsaturated/α-hetero) is 1. The molecule has 1 aliphatic carbocycles. The zero-order valence-electron chi connectivity index (χ0n) is 9.10. The summed E-state index contributed by atoms with van der Waals surface area (Å²) < 4.78 is 0. The maximum Gasteiger partial charge on any atom is 0.174 e. The minimum absolute atomic E-state index is 0.0456. The van der Waals surface area contributed by atoms with Crippen LogP contribution in [0.5, 0.6) is 0 Å². The monoisotopic (exact) mass is 204 g/mol. The number of rotatable bonds is 2. The van der Waals surface area contributed by atoms with E-state index in [1.54, 1.807) is 0 Å². The second kappa shape index (κ2) is 3.66. The van der Waals surface area contributed by atoms with Crippen molar-refractivity contribution in [2.45, 2.75) is 13.0 Å². The average Bonchev–Trinajstić information content (AvgIpc) is 2.54. The Morgan fingerprint density at radius 1 is 1.60 bits per heavy atom. The number of hydrogen-bond acceptors (Lipinski definition) is 3. The molecule has 0 fully saturated rings. The van der Waals surface area contributed by atoms with Gasteiger partial charge in [0.05, 0.1) is 12.6 Å². The number of ketones is 1. The average molecular weight is 204 g/mol. The van der Waals surface area contributed by atoms with Crippen LogP contribution in [0.1, 0.15) is 6.92 Å². The first-order valence-corrected chi connectivity index (χ1v) is 5.18. The Morgan fingerprint density at radius 3 is 3.00 bits per heavy atom. The van der Waals surface area contributed by atoms with Gasteiger partial charge in [-0.3, -0.25) is 4.79 Å². The Labute approximate surface area is 89.9 Å². The first-order chi connectivity index (χ1) is 7.15. The third-order valence-electron chi connectivity index (χ3n) is 3.21. The van der Waals surface area contributed by atoms with Gasteiger partial charge in [-0.1, -0.05) is 24.3 Å². The van der Waals surface area contributed by atoms with Gasteiger partial charge < -0.3 is 10.6 Å². The lowest BCUT2D eigenvalue weighted by molar-refractivity contribution is -0.114. The number of allylic oxidation sites excluding steroid dienone is 3. The largest absolute Gasteiger partial charge is 0.370 e. The van der Waals surface area contributed by atoms with Crippen LogP contribution in [0.2, 0.25) is 0 Å². The molecule has 0 saturated heterocycles. The minimum atomic E-state index is 0.0456. The van der Waals surface area contributed by atoms with Crippen LogP contribution in [0.3, 0.4) is 0 Å². The van der Waals surface area contributed by atoms with Crippen molar-refractivity contribution in [3.05, 3.63) is 35.6 Å². The summed E-state index contributed by atoms with van der Waals surface area (Å²) in [5.74, 6) is 0.370. The zero-order valence-corrected chi connectivity index (χ0v) is 9.10. The van der Waals surface area contributed by atoms with E-state index in [4.69, 9.17) is 5.73 Å². The summed E-state index contributed by atoms with van der Waals surface area (Å²) in [6.07, 6.45) is 8.16. The Morgan fingerprint density at radius 2 is 2.33 bits per heavy atom. The second-order valence-corrected chi connectivity index (χ2v) is 4.08. The van der Waals surface area contributed by atoms with E-state index in [1.807, 2.05) is 19.2 Å². The molecule has 2 unspecified atom stereocenters. The highest BCUT2D eigenvalue weighted by Crippen LogP contribution is 2.33. The molecule has 0 radical (unpaired) electrons. The van der Waals surface area contributed by atoms with Gasteiger partial charge >= 0.3 is 0 Å². The molecule has 3 nitrogen and oxygen atoms in total. The predicted molar refractivity (Wildman–Crippen MR) is 60.1 cm³/mol. The van der Waals surface area contributed by atoms with Gasteiger partial charge in [0.15, 0.2) is 5.78 Å². The van der Waals surface area contributed by atoms with Gasteiger partial charge in [0.1, 0.15) is 0 Å². The quantitative estimate of drug-likeness (QED) is 0.725. The third kappa shape index (κ3) is 1.53. The molecule has 80 valence electrons. The van der Waals surface area contributed by atoms with Crippen LogP contribution in [-0.2, 0) is 4.79 Å². The highest BCUT2D eigenvalue weighted by molar-refractivity contribution is 5.98. The molecule has 1 heterocycles. The lowest BCUT2D eigenvalue weighted by atomic mass is 9.87. The van der Waals surface area contributed by atoms with E-state index in [1.165, 1.54) is 5.70 Å². The van der Waals surface area contributed by atoms with Crippen molar-refractivity contribution in [2.75, 3.05) is 13.6 Å². The molecule has 2 N–H and O–H groups in total. The number of hydrogen-bond donors (Lipinski definition) is 1. The molecule has 0 spiro atoms. The van der Waals surface area contributed by atoms with Gasteiger partial charge in [0.25, 0.3) is 0 Å². The van der Waals surface area contributed by atoms with Crippen molar-refractivity contribution in [2.24, 2.45) is 11.7 Å². The van der Waals surface area contributed by atoms with Crippen LogP contribution in [0.25, 0.3) is 0 Å². The lowest BCUT2D eigenvalue weighted by Gasteiger charge is -2.30.